The number of allylic oxidation sites excluding steroid dienone is 4. The highest BCUT2D eigenvalue weighted by molar-refractivity contribution is 5.71. The SMILES string of the molecule is CC1=CCC(C)(CC/C=C(\C)C=O)C2(CC1)OCCO2. The van der Waals surface area contributed by atoms with Gasteiger partial charge in [0, 0.05) is 11.8 Å². The summed E-state index contributed by atoms with van der Waals surface area (Å²) in [5, 5.41) is 0. The van der Waals surface area contributed by atoms with Gasteiger partial charge in [0.05, 0.1) is 13.2 Å². The molecule has 0 N–H and O–H groups in total. The summed E-state index contributed by atoms with van der Waals surface area (Å²) >= 11 is 0. The molecule has 1 fully saturated rings. The Morgan fingerprint density at radius 2 is 2.10 bits per heavy atom. The van der Waals surface area contributed by atoms with Gasteiger partial charge in [-0.1, -0.05) is 24.6 Å². The highest BCUT2D eigenvalue weighted by atomic mass is 16.7. The number of hydrogen-bond donors (Lipinski definition) is 0. The van der Waals surface area contributed by atoms with Crippen molar-refractivity contribution in [3.8, 4) is 0 Å². The molecule has 0 aromatic rings. The molecule has 2 aliphatic rings. The summed E-state index contributed by atoms with van der Waals surface area (Å²) < 4.78 is 12.1. The normalized spacial score (nSPS) is 30.1. The van der Waals surface area contributed by atoms with Crippen molar-refractivity contribution >= 4 is 6.29 Å². The third-order valence-corrected chi connectivity index (χ3v) is 4.77. The molecule has 3 heteroatoms. The quantitative estimate of drug-likeness (QED) is 0.446. The lowest BCUT2D eigenvalue weighted by molar-refractivity contribution is -0.236. The summed E-state index contributed by atoms with van der Waals surface area (Å²) in [6, 6.07) is 0. The predicted octanol–water partition coefficient (Wildman–Crippen LogP) is 3.79. The summed E-state index contributed by atoms with van der Waals surface area (Å²) in [4.78, 5) is 10.7. The van der Waals surface area contributed by atoms with Crippen LogP contribution in [0.4, 0.5) is 0 Å². The molecule has 3 nitrogen and oxygen atoms in total. The van der Waals surface area contributed by atoms with Crippen LogP contribution in [-0.2, 0) is 14.3 Å². The van der Waals surface area contributed by atoms with Crippen LogP contribution in [0.1, 0.15) is 52.9 Å². The van der Waals surface area contributed by atoms with Crippen molar-refractivity contribution in [3.63, 3.8) is 0 Å². The maximum absolute atomic E-state index is 10.7. The van der Waals surface area contributed by atoms with Crippen molar-refractivity contribution in [2.45, 2.75) is 58.7 Å². The number of rotatable bonds is 4. The minimum atomic E-state index is -0.440. The first-order chi connectivity index (χ1) is 9.51. The van der Waals surface area contributed by atoms with E-state index in [9.17, 15) is 4.79 Å². The molecule has 1 atom stereocenters. The van der Waals surface area contributed by atoms with E-state index in [-0.39, 0.29) is 5.41 Å². The van der Waals surface area contributed by atoms with Gasteiger partial charge in [-0.25, -0.2) is 0 Å². The van der Waals surface area contributed by atoms with Gasteiger partial charge in [0.25, 0.3) is 0 Å². The molecule has 1 heterocycles. The molecular formula is C17H26O3. The Hall–Kier alpha value is -0.930. The average molecular weight is 278 g/mol. The second-order valence-corrected chi connectivity index (χ2v) is 6.37. The molecule has 1 unspecified atom stereocenters. The van der Waals surface area contributed by atoms with Crippen LogP contribution in [0.15, 0.2) is 23.3 Å². The second-order valence-electron chi connectivity index (χ2n) is 6.37. The fourth-order valence-electron chi connectivity index (χ4n) is 3.23. The molecular weight excluding hydrogens is 252 g/mol. The summed E-state index contributed by atoms with van der Waals surface area (Å²) in [6.45, 7) is 7.68. The average Bonchev–Trinajstić information content (AvgIpc) is 2.88. The van der Waals surface area contributed by atoms with Crippen molar-refractivity contribution in [1.82, 2.24) is 0 Å². The first-order valence-electron chi connectivity index (χ1n) is 7.57. The summed E-state index contributed by atoms with van der Waals surface area (Å²) in [5.41, 5.74) is 2.20. The van der Waals surface area contributed by atoms with Gasteiger partial charge >= 0.3 is 0 Å². The van der Waals surface area contributed by atoms with E-state index in [4.69, 9.17) is 9.47 Å². The number of aldehydes is 1. The molecule has 1 aliphatic carbocycles. The highest BCUT2D eigenvalue weighted by Crippen LogP contribution is 2.50. The third kappa shape index (κ3) is 3.04. The van der Waals surface area contributed by atoms with Gasteiger partial charge in [-0.2, -0.15) is 0 Å². The van der Waals surface area contributed by atoms with Crippen molar-refractivity contribution in [2.24, 2.45) is 5.41 Å². The fourth-order valence-corrected chi connectivity index (χ4v) is 3.23. The monoisotopic (exact) mass is 278 g/mol. The van der Waals surface area contributed by atoms with E-state index in [2.05, 4.69) is 19.9 Å². The van der Waals surface area contributed by atoms with E-state index >= 15 is 0 Å². The van der Waals surface area contributed by atoms with Crippen LogP contribution in [0.25, 0.3) is 0 Å². The minimum Gasteiger partial charge on any atom is -0.347 e. The van der Waals surface area contributed by atoms with Crippen LogP contribution in [0, 0.1) is 5.41 Å². The van der Waals surface area contributed by atoms with Crippen molar-refractivity contribution < 1.29 is 14.3 Å². The summed E-state index contributed by atoms with van der Waals surface area (Å²) in [6.07, 6.45) is 10.1. The van der Waals surface area contributed by atoms with Gasteiger partial charge in [0.1, 0.15) is 6.29 Å². The second kappa shape index (κ2) is 6.23. The molecule has 0 bridgehead atoms. The minimum absolute atomic E-state index is 0.0269. The first-order valence-corrected chi connectivity index (χ1v) is 7.57. The predicted molar refractivity (Wildman–Crippen MR) is 79.4 cm³/mol. The van der Waals surface area contributed by atoms with Crippen molar-refractivity contribution in [3.05, 3.63) is 23.3 Å². The van der Waals surface area contributed by atoms with Gasteiger partial charge in [0.2, 0.25) is 0 Å². The highest BCUT2D eigenvalue weighted by Gasteiger charge is 2.52. The largest absolute Gasteiger partial charge is 0.347 e. The zero-order valence-electron chi connectivity index (χ0n) is 12.9. The third-order valence-electron chi connectivity index (χ3n) is 4.77. The van der Waals surface area contributed by atoms with Crippen LogP contribution in [0.5, 0.6) is 0 Å². The Bertz CT molecular complexity index is 416. The van der Waals surface area contributed by atoms with Gasteiger partial charge in [-0.15, -0.1) is 0 Å². The van der Waals surface area contributed by atoms with E-state index in [1.165, 1.54) is 5.57 Å². The van der Waals surface area contributed by atoms with Crippen LogP contribution >= 0.6 is 0 Å². The molecule has 0 amide bonds. The van der Waals surface area contributed by atoms with E-state index < -0.39 is 5.79 Å². The molecule has 0 saturated carbocycles. The van der Waals surface area contributed by atoms with Gasteiger partial charge < -0.3 is 9.47 Å². The van der Waals surface area contributed by atoms with Crippen LogP contribution < -0.4 is 0 Å². The fraction of sp³-hybridized carbons (Fsp3) is 0.706. The Balaban J connectivity index is 2.15. The van der Waals surface area contributed by atoms with Gasteiger partial charge in [0.15, 0.2) is 5.79 Å². The molecule has 0 radical (unpaired) electrons. The molecule has 112 valence electrons. The number of carbonyl (C=O) groups is 1. The standard InChI is InChI=1S/C17H26O3/c1-14-6-9-16(3,8-4-5-15(2)13-18)17(10-7-14)19-11-12-20-17/h5-6,13H,4,7-12H2,1-3H3/b15-5+. The molecule has 20 heavy (non-hydrogen) atoms. The molecule has 1 spiro atoms. The Morgan fingerprint density at radius 1 is 1.40 bits per heavy atom. The van der Waals surface area contributed by atoms with E-state index in [0.717, 1.165) is 44.0 Å². The van der Waals surface area contributed by atoms with Crippen LogP contribution in [-0.4, -0.2) is 25.3 Å². The summed E-state index contributed by atoms with van der Waals surface area (Å²) in [5.74, 6) is -0.440. The Morgan fingerprint density at radius 3 is 2.75 bits per heavy atom. The Kier molecular flexibility index (Phi) is 4.82. The molecule has 2 rings (SSSR count). The van der Waals surface area contributed by atoms with Gasteiger partial charge in [-0.05, 0) is 45.1 Å². The van der Waals surface area contributed by atoms with Gasteiger partial charge in [-0.3, -0.25) is 4.79 Å². The van der Waals surface area contributed by atoms with E-state index in [0.29, 0.717) is 13.2 Å². The smallest absolute Gasteiger partial charge is 0.174 e. The van der Waals surface area contributed by atoms with E-state index in [1.54, 1.807) is 0 Å². The molecule has 0 aromatic carbocycles. The first kappa shape index (κ1) is 15.5. The van der Waals surface area contributed by atoms with Crippen molar-refractivity contribution in [1.29, 1.82) is 0 Å². The molecule has 1 aliphatic heterocycles. The maximum atomic E-state index is 10.7. The Labute approximate surface area is 122 Å². The lowest BCUT2D eigenvalue weighted by Crippen LogP contribution is -2.47. The molecule has 0 aromatic heterocycles. The van der Waals surface area contributed by atoms with Crippen molar-refractivity contribution in [2.75, 3.05) is 13.2 Å². The summed E-state index contributed by atoms with van der Waals surface area (Å²) in [7, 11) is 0. The number of carbonyl (C=O) groups excluding carboxylic acids is 1. The zero-order chi connectivity index (χ0) is 14.6. The lowest BCUT2D eigenvalue weighted by atomic mass is 9.73. The van der Waals surface area contributed by atoms with Crippen LogP contribution in [0.2, 0.25) is 0 Å². The van der Waals surface area contributed by atoms with Crippen LogP contribution in [0.3, 0.4) is 0 Å². The number of ether oxygens (including phenoxy) is 2. The number of hydrogen-bond acceptors (Lipinski definition) is 3. The topological polar surface area (TPSA) is 35.5 Å². The van der Waals surface area contributed by atoms with E-state index in [1.807, 2.05) is 13.0 Å². The molecule has 1 saturated heterocycles. The lowest BCUT2D eigenvalue weighted by Gasteiger charge is -2.43. The zero-order valence-corrected chi connectivity index (χ0v) is 12.9. The maximum Gasteiger partial charge on any atom is 0.174 e.